The van der Waals surface area contributed by atoms with E-state index < -0.39 is 5.97 Å². The summed E-state index contributed by atoms with van der Waals surface area (Å²) in [6.07, 6.45) is 4.67. The summed E-state index contributed by atoms with van der Waals surface area (Å²) < 4.78 is 4.59. The van der Waals surface area contributed by atoms with Crippen molar-refractivity contribution in [1.82, 2.24) is 0 Å². The minimum Gasteiger partial charge on any atom is -0.393 e. The number of carbonyl (C=O) groups is 2. The number of cyclic esters (lactones) is 2. The molecule has 3 nitrogen and oxygen atoms in total. The molecule has 1 rings (SSSR count). The summed E-state index contributed by atoms with van der Waals surface area (Å²) in [6, 6.07) is 0. The van der Waals surface area contributed by atoms with Gasteiger partial charge in [-0.2, -0.15) is 0 Å². The maximum Gasteiger partial charge on any atom is 0.321 e. The fourth-order valence-electron chi connectivity index (χ4n) is 2.99. The van der Waals surface area contributed by atoms with Crippen LogP contribution in [0.5, 0.6) is 0 Å². The largest absolute Gasteiger partial charge is 0.393 e. The predicted octanol–water partition coefficient (Wildman–Crippen LogP) is 3.73. The molecule has 1 heterocycles. The maximum absolute atomic E-state index is 11.5. The van der Waals surface area contributed by atoms with Gasteiger partial charge in [0.15, 0.2) is 0 Å². The molecule has 19 heavy (non-hydrogen) atoms. The molecular weight excluding hydrogens is 240 g/mol. The first-order chi connectivity index (χ1) is 8.79. The zero-order chi connectivity index (χ0) is 14.6. The molecule has 0 N–H and O–H groups in total. The molecule has 1 aliphatic heterocycles. The van der Waals surface area contributed by atoms with Crippen LogP contribution in [0.4, 0.5) is 0 Å². The lowest BCUT2D eigenvalue weighted by Gasteiger charge is -2.17. The molecule has 1 saturated heterocycles. The van der Waals surface area contributed by atoms with E-state index in [0.29, 0.717) is 11.8 Å². The van der Waals surface area contributed by atoms with Crippen molar-refractivity contribution in [3.05, 3.63) is 11.6 Å². The standard InChI is InChI=1S/C16H26O3/c1-10(2)6-11(3)7-12(4)8-13(5)14-9-15(17)19-16(14)18/h8,10-12,14H,6-7,9H2,1-5H3/b13-8+/t11-,12+,14-/m0/s1. The summed E-state index contributed by atoms with van der Waals surface area (Å²) in [4.78, 5) is 22.6. The van der Waals surface area contributed by atoms with E-state index >= 15 is 0 Å². The van der Waals surface area contributed by atoms with Crippen LogP contribution in [0.25, 0.3) is 0 Å². The third-order valence-corrected chi connectivity index (χ3v) is 3.61. The van der Waals surface area contributed by atoms with Crippen molar-refractivity contribution in [1.29, 1.82) is 0 Å². The Morgan fingerprint density at radius 2 is 1.89 bits per heavy atom. The van der Waals surface area contributed by atoms with Gasteiger partial charge in [-0.15, -0.1) is 0 Å². The minimum atomic E-state index is -0.399. The third-order valence-electron chi connectivity index (χ3n) is 3.61. The first-order valence-corrected chi connectivity index (χ1v) is 7.22. The van der Waals surface area contributed by atoms with Crippen molar-refractivity contribution >= 4 is 11.9 Å². The Balaban J connectivity index is 2.53. The maximum atomic E-state index is 11.5. The lowest BCUT2D eigenvalue weighted by Crippen LogP contribution is -2.11. The second-order valence-corrected chi connectivity index (χ2v) is 6.41. The van der Waals surface area contributed by atoms with Gasteiger partial charge < -0.3 is 4.74 Å². The summed E-state index contributed by atoms with van der Waals surface area (Å²) in [5.74, 6) is 0.684. The second kappa shape index (κ2) is 6.88. The van der Waals surface area contributed by atoms with E-state index in [-0.39, 0.29) is 18.3 Å². The number of hydrogen-bond donors (Lipinski definition) is 0. The minimum absolute atomic E-state index is 0.204. The van der Waals surface area contributed by atoms with Crippen LogP contribution < -0.4 is 0 Å². The molecule has 0 aromatic heterocycles. The van der Waals surface area contributed by atoms with Crippen LogP contribution in [-0.2, 0) is 14.3 Å². The molecule has 1 aliphatic rings. The van der Waals surface area contributed by atoms with E-state index in [9.17, 15) is 9.59 Å². The van der Waals surface area contributed by atoms with E-state index in [0.717, 1.165) is 17.9 Å². The summed E-state index contributed by atoms with van der Waals surface area (Å²) in [6.45, 7) is 10.8. The predicted molar refractivity (Wildman–Crippen MR) is 75.4 cm³/mol. The SMILES string of the molecule is C/C(=C\[C@H](C)C[C@@H](C)CC(C)C)[C@@H]1CC(=O)OC1=O. The van der Waals surface area contributed by atoms with Gasteiger partial charge in [0.25, 0.3) is 0 Å². The number of esters is 2. The Morgan fingerprint density at radius 1 is 1.26 bits per heavy atom. The Bertz CT molecular complexity index is 368. The molecule has 0 spiro atoms. The summed E-state index contributed by atoms with van der Waals surface area (Å²) in [5, 5.41) is 0. The Morgan fingerprint density at radius 3 is 2.37 bits per heavy atom. The normalized spacial score (nSPS) is 23.7. The highest BCUT2D eigenvalue weighted by atomic mass is 16.6. The van der Waals surface area contributed by atoms with Crippen molar-refractivity contribution in [3.8, 4) is 0 Å². The Kier molecular flexibility index (Phi) is 5.77. The molecule has 3 atom stereocenters. The molecule has 0 amide bonds. The number of rotatable bonds is 6. The number of ether oxygens (including phenoxy) is 1. The van der Waals surface area contributed by atoms with E-state index in [4.69, 9.17) is 0 Å². The molecule has 1 fully saturated rings. The fourth-order valence-corrected chi connectivity index (χ4v) is 2.99. The smallest absolute Gasteiger partial charge is 0.321 e. The van der Waals surface area contributed by atoms with Gasteiger partial charge in [0, 0.05) is 0 Å². The van der Waals surface area contributed by atoms with Gasteiger partial charge in [0.1, 0.15) is 0 Å². The van der Waals surface area contributed by atoms with Crippen molar-refractivity contribution in [2.24, 2.45) is 23.7 Å². The number of hydrogen-bond acceptors (Lipinski definition) is 3. The quantitative estimate of drug-likeness (QED) is 0.418. The molecule has 0 radical (unpaired) electrons. The van der Waals surface area contributed by atoms with Gasteiger partial charge in [-0.1, -0.05) is 39.3 Å². The molecular formula is C16H26O3. The molecule has 0 aliphatic carbocycles. The zero-order valence-corrected chi connectivity index (χ0v) is 12.7. The van der Waals surface area contributed by atoms with Crippen LogP contribution in [-0.4, -0.2) is 11.9 Å². The van der Waals surface area contributed by atoms with E-state index in [1.54, 1.807) is 0 Å². The molecule has 0 saturated carbocycles. The monoisotopic (exact) mass is 266 g/mol. The van der Waals surface area contributed by atoms with Gasteiger partial charge in [0.05, 0.1) is 12.3 Å². The Labute approximate surface area is 116 Å². The molecule has 0 aromatic rings. The van der Waals surface area contributed by atoms with Gasteiger partial charge in [-0.05, 0) is 37.5 Å². The van der Waals surface area contributed by atoms with E-state index in [1.807, 2.05) is 6.92 Å². The number of allylic oxidation sites excluding steroid dienone is 1. The molecule has 108 valence electrons. The topological polar surface area (TPSA) is 43.4 Å². The van der Waals surface area contributed by atoms with Crippen molar-refractivity contribution in [2.75, 3.05) is 0 Å². The molecule has 3 heteroatoms. The average molecular weight is 266 g/mol. The highest BCUT2D eigenvalue weighted by Gasteiger charge is 2.34. The van der Waals surface area contributed by atoms with Gasteiger partial charge in [0.2, 0.25) is 0 Å². The zero-order valence-electron chi connectivity index (χ0n) is 12.7. The third kappa shape index (κ3) is 5.17. The van der Waals surface area contributed by atoms with Crippen LogP contribution >= 0.6 is 0 Å². The van der Waals surface area contributed by atoms with Gasteiger partial charge in [-0.3, -0.25) is 9.59 Å². The van der Waals surface area contributed by atoms with Gasteiger partial charge >= 0.3 is 11.9 Å². The fraction of sp³-hybridized carbons (Fsp3) is 0.750. The first kappa shape index (κ1) is 15.9. The molecule has 0 aromatic carbocycles. The van der Waals surface area contributed by atoms with Crippen LogP contribution in [0.1, 0.15) is 53.9 Å². The highest BCUT2D eigenvalue weighted by Crippen LogP contribution is 2.27. The van der Waals surface area contributed by atoms with Crippen LogP contribution in [0, 0.1) is 23.7 Å². The van der Waals surface area contributed by atoms with Crippen molar-refractivity contribution in [2.45, 2.75) is 53.9 Å². The highest BCUT2D eigenvalue weighted by molar-refractivity contribution is 5.96. The van der Waals surface area contributed by atoms with Crippen molar-refractivity contribution < 1.29 is 14.3 Å². The van der Waals surface area contributed by atoms with E-state index in [1.165, 1.54) is 6.42 Å². The lowest BCUT2D eigenvalue weighted by molar-refractivity contribution is -0.152. The van der Waals surface area contributed by atoms with Crippen LogP contribution in [0.15, 0.2) is 11.6 Å². The summed E-state index contributed by atoms with van der Waals surface area (Å²) in [7, 11) is 0. The lowest BCUT2D eigenvalue weighted by atomic mass is 9.87. The summed E-state index contributed by atoms with van der Waals surface area (Å²) >= 11 is 0. The summed E-state index contributed by atoms with van der Waals surface area (Å²) in [5.41, 5.74) is 0.972. The van der Waals surface area contributed by atoms with E-state index in [2.05, 4.69) is 38.5 Å². The Hall–Kier alpha value is -1.12. The number of carbonyl (C=O) groups excluding carboxylic acids is 2. The van der Waals surface area contributed by atoms with Crippen LogP contribution in [0.2, 0.25) is 0 Å². The molecule has 0 bridgehead atoms. The van der Waals surface area contributed by atoms with Crippen molar-refractivity contribution in [3.63, 3.8) is 0 Å². The average Bonchev–Trinajstić information content (AvgIpc) is 2.55. The second-order valence-electron chi connectivity index (χ2n) is 6.41. The van der Waals surface area contributed by atoms with Crippen LogP contribution in [0.3, 0.4) is 0 Å². The first-order valence-electron chi connectivity index (χ1n) is 7.22. The van der Waals surface area contributed by atoms with Gasteiger partial charge in [-0.25, -0.2) is 0 Å². The molecule has 0 unspecified atom stereocenters.